The van der Waals surface area contributed by atoms with Crippen LogP contribution in [0, 0.1) is 13.8 Å². The molecule has 0 aliphatic carbocycles. The minimum Gasteiger partial charge on any atom is -0.453 e. The van der Waals surface area contributed by atoms with E-state index in [1.54, 1.807) is 6.08 Å². The number of hydrogen-bond donors (Lipinski definition) is 0. The summed E-state index contributed by atoms with van der Waals surface area (Å²) in [4.78, 5) is 16.3. The molecule has 0 saturated carbocycles. The smallest absolute Gasteiger partial charge is 0.164 e. The molecule has 0 amide bonds. The fraction of sp³-hybridized carbons (Fsp3) is 0.0714. The van der Waals surface area contributed by atoms with Crippen molar-refractivity contribution in [1.29, 1.82) is 0 Å². The number of hydrogen-bond acceptors (Lipinski definition) is 5. The lowest BCUT2D eigenvalue weighted by Crippen LogP contribution is -2.23. The zero-order valence-corrected chi connectivity index (χ0v) is 26.8. The highest BCUT2D eigenvalue weighted by atomic mass is 16.5. The van der Waals surface area contributed by atoms with Gasteiger partial charge >= 0.3 is 0 Å². The summed E-state index contributed by atoms with van der Waals surface area (Å²) in [6.45, 7) is 10.1. The average Bonchev–Trinajstić information content (AvgIpc) is 3.12. The number of anilines is 2. The number of aryl methyl sites for hydroxylation is 2. The lowest BCUT2D eigenvalue weighted by molar-refractivity contribution is 0.431. The Balaban J connectivity index is 0.000000166. The predicted octanol–water partition coefficient (Wildman–Crippen LogP) is 10.7. The molecule has 230 valence electrons. The zero-order valence-electron chi connectivity index (χ0n) is 26.8. The minimum absolute atomic E-state index is 0.685. The normalized spacial score (nSPS) is 12.2. The monoisotopic (exact) mass is 612 g/mol. The molecular weight excluding hydrogens is 576 g/mol. The van der Waals surface area contributed by atoms with Gasteiger partial charge < -0.3 is 9.64 Å². The molecule has 6 aromatic rings. The Kier molecular flexibility index (Phi) is 9.45. The fourth-order valence-corrected chi connectivity index (χ4v) is 5.29. The second-order valence-electron chi connectivity index (χ2n) is 11.1. The van der Waals surface area contributed by atoms with E-state index >= 15 is 0 Å². The van der Waals surface area contributed by atoms with Crippen LogP contribution in [-0.2, 0) is 0 Å². The number of aromatic nitrogens is 3. The number of para-hydroxylation sites is 2. The van der Waals surface area contributed by atoms with Gasteiger partial charge in [0.25, 0.3) is 0 Å². The average molecular weight is 613 g/mol. The van der Waals surface area contributed by atoms with Crippen LogP contribution < -0.4 is 9.64 Å². The number of rotatable bonds is 6. The van der Waals surface area contributed by atoms with Crippen molar-refractivity contribution >= 4 is 11.4 Å². The van der Waals surface area contributed by atoms with E-state index in [1.807, 2.05) is 104 Å². The molecule has 0 spiro atoms. The first kappa shape index (κ1) is 30.9. The number of nitrogens with zero attached hydrogens (tertiary/aromatic N) is 4. The summed E-state index contributed by atoms with van der Waals surface area (Å²) in [5, 5.41) is 0. The van der Waals surface area contributed by atoms with Crippen LogP contribution in [0.1, 0.15) is 18.1 Å². The third kappa shape index (κ3) is 7.10. The molecule has 5 heteroatoms. The van der Waals surface area contributed by atoms with Crippen LogP contribution in [0.15, 0.2) is 170 Å². The largest absolute Gasteiger partial charge is 0.453 e. The highest BCUT2D eigenvalue weighted by molar-refractivity contribution is 5.78. The molecule has 5 aromatic carbocycles. The Morgan fingerprint density at radius 1 is 0.596 bits per heavy atom. The molecule has 5 nitrogen and oxygen atoms in total. The van der Waals surface area contributed by atoms with Gasteiger partial charge in [0.1, 0.15) is 0 Å². The van der Waals surface area contributed by atoms with Crippen molar-refractivity contribution < 1.29 is 4.74 Å². The lowest BCUT2D eigenvalue weighted by atomic mass is 10.1. The van der Waals surface area contributed by atoms with Gasteiger partial charge in [-0.25, -0.2) is 15.0 Å². The van der Waals surface area contributed by atoms with E-state index in [1.165, 1.54) is 11.1 Å². The van der Waals surface area contributed by atoms with E-state index in [0.29, 0.717) is 17.5 Å². The van der Waals surface area contributed by atoms with Crippen molar-refractivity contribution in [2.75, 3.05) is 4.90 Å². The topological polar surface area (TPSA) is 51.1 Å². The fourth-order valence-electron chi connectivity index (χ4n) is 5.29. The van der Waals surface area contributed by atoms with Crippen LogP contribution in [0.3, 0.4) is 0 Å². The Hall–Kier alpha value is -6.07. The SMILES string of the molecule is C=CC1=C(/C=C\C)N(c2cccc(C)c2)c2ccccc2O1.Cc1ccc(-c2nc(-c3ccccc3)nc(-c3ccccc3)n2)cc1. The van der Waals surface area contributed by atoms with Gasteiger partial charge in [-0.1, -0.05) is 127 Å². The molecular formula is C42H36N4O. The van der Waals surface area contributed by atoms with E-state index < -0.39 is 0 Å². The summed E-state index contributed by atoms with van der Waals surface area (Å²) >= 11 is 0. The van der Waals surface area contributed by atoms with Gasteiger partial charge in [0.15, 0.2) is 29.0 Å². The maximum Gasteiger partial charge on any atom is 0.164 e. The molecule has 2 heterocycles. The van der Waals surface area contributed by atoms with Crippen molar-refractivity contribution in [2.24, 2.45) is 0 Å². The van der Waals surface area contributed by atoms with Crippen LogP contribution in [-0.4, -0.2) is 15.0 Å². The number of benzene rings is 5. The summed E-state index contributed by atoms with van der Waals surface area (Å²) in [6.07, 6.45) is 5.82. The van der Waals surface area contributed by atoms with Gasteiger partial charge in [0, 0.05) is 22.4 Å². The van der Waals surface area contributed by atoms with E-state index in [9.17, 15) is 0 Å². The number of ether oxygens (including phenoxy) is 1. The maximum atomic E-state index is 6.00. The van der Waals surface area contributed by atoms with E-state index in [0.717, 1.165) is 45.3 Å². The zero-order chi connectivity index (χ0) is 32.6. The maximum absolute atomic E-state index is 6.00. The molecule has 7 rings (SSSR count). The summed E-state index contributed by atoms with van der Waals surface area (Å²) in [5.74, 6) is 3.66. The van der Waals surface area contributed by atoms with E-state index in [4.69, 9.17) is 19.7 Å². The number of allylic oxidation sites excluding steroid dienone is 3. The Labute approximate surface area is 276 Å². The molecule has 1 aromatic heterocycles. The molecule has 0 unspecified atom stereocenters. The van der Waals surface area contributed by atoms with Crippen molar-refractivity contribution in [3.63, 3.8) is 0 Å². The molecule has 47 heavy (non-hydrogen) atoms. The van der Waals surface area contributed by atoms with E-state index in [-0.39, 0.29) is 0 Å². The van der Waals surface area contributed by atoms with Gasteiger partial charge in [0.2, 0.25) is 0 Å². The minimum atomic E-state index is 0.685. The van der Waals surface area contributed by atoms with Crippen LogP contribution >= 0.6 is 0 Å². The van der Waals surface area contributed by atoms with Gasteiger partial charge in [-0.2, -0.15) is 0 Å². The summed E-state index contributed by atoms with van der Waals surface area (Å²) < 4.78 is 6.00. The molecule has 0 bridgehead atoms. The van der Waals surface area contributed by atoms with Gasteiger partial charge in [-0.15, -0.1) is 0 Å². The Morgan fingerprint density at radius 3 is 1.70 bits per heavy atom. The molecule has 1 aliphatic heterocycles. The van der Waals surface area contributed by atoms with Crippen molar-refractivity contribution in [2.45, 2.75) is 20.8 Å². The first-order valence-electron chi connectivity index (χ1n) is 15.6. The number of fused-ring (bicyclic) bond motifs is 1. The quantitative estimate of drug-likeness (QED) is 0.187. The van der Waals surface area contributed by atoms with Gasteiger partial charge in [-0.3, -0.25) is 0 Å². The first-order chi connectivity index (χ1) is 23.0. The summed E-state index contributed by atoms with van der Waals surface area (Å²) in [5.41, 5.74) is 8.52. The molecule has 0 radical (unpaired) electrons. The highest BCUT2D eigenvalue weighted by Gasteiger charge is 2.25. The molecule has 0 atom stereocenters. The highest BCUT2D eigenvalue weighted by Crippen LogP contribution is 2.43. The second kappa shape index (κ2) is 14.4. The van der Waals surface area contributed by atoms with Crippen LogP contribution in [0.5, 0.6) is 5.75 Å². The van der Waals surface area contributed by atoms with Gasteiger partial charge in [-0.05, 0) is 62.8 Å². The summed E-state index contributed by atoms with van der Waals surface area (Å²) in [6, 6.07) is 44.8. The molecule has 1 aliphatic rings. The van der Waals surface area contributed by atoms with Crippen LogP contribution in [0.25, 0.3) is 34.2 Å². The van der Waals surface area contributed by atoms with Crippen molar-refractivity contribution in [1.82, 2.24) is 15.0 Å². The molecule has 0 saturated heterocycles. The van der Waals surface area contributed by atoms with Crippen LogP contribution in [0.4, 0.5) is 11.4 Å². The summed E-state index contributed by atoms with van der Waals surface area (Å²) in [7, 11) is 0. The molecule has 0 fully saturated rings. The molecule has 0 N–H and O–H groups in total. The van der Waals surface area contributed by atoms with Crippen molar-refractivity contribution in [3.05, 3.63) is 181 Å². The van der Waals surface area contributed by atoms with E-state index in [2.05, 4.69) is 73.9 Å². The standard InChI is InChI=1S/C22H17N3.C20H19NO/c1-16-12-14-19(15-13-16)22-24-20(17-8-4-2-5-9-17)23-21(25-22)18-10-6-3-7-11-18;1-4-9-17-19(5-2)22-20-13-7-6-12-18(20)21(17)16-11-8-10-15(3)14-16/h2-15H,1H3;4-14H,2H2,1,3H3/b;9-4-. The third-order valence-electron chi connectivity index (χ3n) is 7.60. The first-order valence-corrected chi connectivity index (χ1v) is 15.6. The predicted molar refractivity (Wildman–Crippen MR) is 193 cm³/mol. The second-order valence-corrected chi connectivity index (χ2v) is 11.1. The van der Waals surface area contributed by atoms with Gasteiger partial charge in [0.05, 0.1) is 11.4 Å². The Bertz CT molecular complexity index is 1990. The lowest BCUT2D eigenvalue weighted by Gasteiger charge is -2.33. The third-order valence-corrected chi connectivity index (χ3v) is 7.60. The van der Waals surface area contributed by atoms with Crippen LogP contribution in [0.2, 0.25) is 0 Å². The Morgan fingerprint density at radius 2 is 1.15 bits per heavy atom. The van der Waals surface area contributed by atoms with Crippen molar-refractivity contribution in [3.8, 4) is 39.9 Å².